The highest BCUT2D eigenvalue weighted by Crippen LogP contribution is 2.29. The molecule has 0 heterocycles. The molecule has 0 atom stereocenters. The third-order valence-corrected chi connectivity index (χ3v) is 4.59. The number of hydrogen-bond donors (Lipinski definition) is 1. The van der Waals surface area contributed by atoms with Gasteiger partial charge in [0.2, 0.25) is 0 Å². The van der Waals surface area contributed by atoms with Crippen LogP contribution >= 0.6 is 11.6 Å². The largest absolute Gasteiger partial charge is 0.490 e. The van der Waals surface area contributed by atoms with E-state index in [9.17, 15) is 4.39 Å². The van der Waals surface area contributed by atoms with Gasteiger partial charge in [-0.25, -0.2) is 4.39 Å². The summed E-state index contributed by atoms with van der Waals surface area (Å²) in [5.41, 5.74) is 6.08. The van der Waals surface area contributed by atoms with Crippen LogP contribution in [0.5, 0.6) is 11.5 Å². The minimum Gasteiger partial charge on any atom is -0.490 e. The Morgan fingerprint density at radius 3 is 2.62 bits per heavy atom. The summed E-state index contributed by atoms with van der Waals surface area (Å²) in [7, 11) is 0. The monoisotopic (exact) mass is 412 g/mol. The molecule has 6 heteroatoms. The summed E-state index contributed by atoms with van der Waals surface area (Å²) in [6.45, 7) is 4.44. The van der Waals surface area contributed by atoms with E-state index in [0.29, 0.717) is 28.7 Å². The van der Waals surface area contributed by atoms with Crippen molar-refractivity contribution in [1.82, 2.24) is 0 Å². The number of nitrogens with zero attached hydrogens (tertiary/aromatic N) is 1. The van der Waals surface area contributed by atoms with Crippen molar-refractivity contribution in [2.24, 2.45) is 5.10 Å². The van der Waals surface area contributed by atoms with Gasteiger partial charge in [0.1, 0.15) is 12.4 Å². The lowest BCUT2D eigenvalue weighted by molar-refractivity contribution is 0.266. The van der Waals surface area contributed by atoms with E-state index < -0.39 is 0 Å². The lowest BCUT2D eigenvalue weighted by Crippen LogP contribution is -2.02. The van der Waals surface area contributed by atoms with Crippen LogP contribution < -0.4 is 14.9 Å². The first kappa shape index (κ1) is 20.7. The Morgan fingerprint density at radius 2 is 1.86 bits per heavy atom. The van der Waals surface area contributed by atoms with Crippen molar-refractivity contribution in [3.63, 3.8) is 0 Å². The minimum atomic E-state index is -0.295. The van der Waals surface area contributed by atoms with E-state index in [1.165, 1.54) is 6.07 Å². The van der Waals surface area contributed by atoms with Crippen LogP contribution in [0.15, 0.2) is 65.8 Å². The summed E-state index contributed by atoms with van der Waals surface area (Å²) < 4.78 is 25.2. The summed E-state index contributed by atoms with van der Waals surface area (Å²) in [6, 6.07) is 17.7. The normalized spacial score (nSPS) is 10.9. The van der Waals surface area contributed by atoms with Crippen LogP contribution in [-0.2, 0) is 6.61 Å². The summed E-state index contributed by atoms with van der Waals surface area (Å²) >= 11 is 6.12. The topological polar surface area (TPSA) is 42.8 Å². The Labute approximate surface area is 174 Å². The van der Waals surface area contributed by atoms with Gasteiger partial charge in [0.15, 0.2) is 11.5 Å². The molecule has 1 N–H and O–H groups in total. The van der Waals surface area contributed by atoms with Gasteiger partial charge < -0.3 is 9.47 Å². The fourth-order valence-electron chi connectivity index (χ4n) is 2.61. The highest BCUT2D eigenvalue weighted by molar-refractivity contribution is 6.31. The molecule has 3 aromatic carbocycles. The molecule has 29 heavy (non-hydrogen) atoms. The molecule has 0 saturated heterocycles. The Balaban J connectivity index is 1.69. The summed E-state index contributed by atoms with van der Waals surface area (Å²) in [4.78, 5) is 0. The molecule has 0 saturated carbocycles. The molecule has 4 nitrogen and oxygen atoms in total. The second-order valence-corrected chi connectivity index (χ2v) is 6.76. The van der Waals surface area contributed by atoms with Gasteiger partial charge >= 0.3 is 0 Å². The molecule has 0 unspecified atom stereocenters. The Kier molecular flexibility index (Phi) is 7.09. The second kappa shape index (κ2) is 9.94. The van der Waals surface area contributed by atoms with Crippen molar-refractivity contribution in [3.05, 3.63) is 88.2 Å². The lowest BCUT2D eigenvalue weighted by Gasteiger charge is -2.13. The quantitative estimate of drug-likeness (QED) is 0.353. The first-order valence-electron chi connectivity index (χ1n) is 9.25. The van der Waals surface area contributed by atoms with Gasteiger partial charge in [0.25, 0.3) is 0 Å². The van der Waals surface area contributed by atoms with Gasteiger partial charge in [0, 0.05) is 10.6 Å². The summed E-state index contributed by atoms with van der Waals surface area (Å²) in [6.07, 6.45) is 1.68. The molecule has 0 aromatic heterocycles. The predicted octanol–water partition coefficient (Wildman–Crippen LogP) is 6.21. The first-order chi connectivity index (χ1) is 14.1. The van der Waals surface area contributed by atoms with Crippen LogP contribution in [0, 0.1) is 12.7 Å². The first-order valence-corrected chi connectivity index (χ1v) is 9.63. The molecule has 0 aliphatic heterocycles. The van der Waals surface area contributed by atoms with Crippen LogP contribution in [-0.4, -0.2) is 12.8 Å². The molecule has 0 bridgehead atoms. The highest BCUT2D eigenvalue weighted by atomic mass is 35.5. The molecule has 0 spiro atoms. The second-order valence-electron chi connectivity index (χ2n) is 6.35. The Hall–Kier alpha value is -3.05. The maximum Gasteiger partial charge on any atom is 0.161 e. The van der Waals surface area contributed by atoms with Gasteiger partial charge in [-0.2, -0.15) is 5.10 Å². The van der Waals surface area contributed by atoms with Gasteiger partial charge in [-0.3, -0.25) is 5.43 Å². The number of ether oxygens (including phenoxy) is 2. The van der Waals surface area contributed by atoms with Crippen LogP contribution in [0.3, 0.4) is 0 Å². The van der Waals surface area contributed by atoms with Crippen LogP contribution in [0.4, 0.5) is 10.1 Å². The molecule has 0 aliphatic carbocycles. The van der Waals surface area contributed by atoms with Crippen LogP contribution in [0.2, 0.25) is 5.02 Å². The van der Waals surface area contributed by atoms with Gasteiger partial charge in [-0.15, -0.1) is 0 Å². The van der Waals surface area contributed by atoms with E-state index in [1.54, 1.807) is 30.5 Å². The molecular weight excluding hydrogens is 391 g/mol. The molecular formula is C23H22ClFN2O2. The average Bonchev–Trinajstić information content (AvgIpc) is 2.71. The average molecular weight is 413 g/mol. The van der Waals surface area contributed by atoms with E-state index >= 15 is 0 Å². The SMILES string of the molecule is CCOc1cc(/C=N/Nc2ccc(C)c(Cl)c2)ccc1OCc1ccccc1F. The Morgan fingerprint density at radius 1 is 1.03 bits per heavy atom. The molecule has 150 valence electrons. The van der Waals surface area contributed by atoms with Crippen molar-refractivity contribution in [3.8, 4) is 11.5 Å². The fraction of sp³-hybridized carbons (Fsp3) is 0.174. The lowest BCUT2D eigenvalue weighted by atomic mass is 10.2. The standard InChI is InChI=1S/C23H22ClFN2O2/c1-3-28-23-12-17(14-26-27-19-10-8-16(2)20(24)13-19)9-11-22(23)29-15-18-6-4-5-7-21(18)25/h4-14,27H,3,15H2,1-2H3/b26-14+. The van der Waals surface area contributed by atoms with Crippen molar-refractivity contribution in [2.75, 3.05) is 12.0 Å². The fourth-order valence-corrected chi connectivity index (χ4v) is 2.79. The number of rotatable bonds is 8. The third-order valence-electron chi connectivity index (χ3n) is 4.19. The molecule has 3 aromatic rings. The zero-order valence-corrected chi connectivity index (χ0v) is 17.0. The van der Waals surface area contributed by atoms with E-state index in [0.717, 1.165) is 16.8 Å². The van der Waals surface area contributed by atoms with Crippen LogP contribution in [0.25, 0.3) is 0 Å². The number of anilines is 1. The van der Waals surface area contributed by atoms with Crippen molar-refractivity contribution < 1.29 is 13.9 Å². The zero-order chi connectivity index (χ0) is 20.6. The van der Waals surface area contributed by atoms with Gasteiger partial charge in [-0.1, -0.05) is 35.9 Å². The Bertz CT molecular complexity index is 1010. The molecule has 3 rings (SSSR count). The van der Waals surface area contributed by atoms with Gasteiger partial charge in [-0.05, 0) is 61.4 Å². The number of nitrogens with one attached hydrogen (secondary N) is 1. The number of halogens is 2. The number of benzene rings is 3. The minimum absolute atomic E-state index is 0.121. The van der Waals surface area contributed by atoms with E-state index in [1.807, 2.05) is 44.2 Å². The number of aryl methyl sites for hydroxylation is 1. The molecule has 0 radical (unpaired) electrons. The zero-order valence-electron chi connectivity index (χ0n) is 16.3. The number of hydrazone groups is 1. The van der Waals surface area contributed by atoms with E-state index in [-0.39, 0.29) is 12.4 Å². The van der Waals surface area contributed by atoms with Crippen molar-refractivity contribution in [2.45, 2.75) is 20.5 Å². The highest BCUT2D eigenvalue weighted by Gasteiger charge is 2.08. The molecule has 0 aliphatic rings. The van der Waals surface area contributed by atoms with Gasteiger partial charge in [0.05, 0.1) is 18.5 Å². The smallest absolute Gasteiger partial charge is 0.161 e. The number of hydrogen-bond acceptors (Lipinski definition) is 4. The van der Waals surface area contributed by atoms with E-state index in [4.69, 9.17) is 21.1 Å². The third kappa shape index (κ3) is 5.72. The van der Waals surface area contributed by atoms with Crippen LogP contribution in [0.1, 0.15) is 23.6 Å². The summed E-state index contributed by atoms with van der Waals surface area (Å²) in [5.74, 6) is 0.827. The van der Waals surface area contributed by atoms with Crippen molar-refractivity contribution >= 4 is 23.5 Å². The molecule has 0 fully saturated rings. The van der Waals surface area contributed by atoms with Crippen molar-refractivity contribution in [1.29, 1.82) is 0 Å². The molecule has 0 amide bonds. The predicted molar refractivity (Wildman–Crippen MR) is 116 cm³/mol. The summed E-state index contributed by atoms with van der Waals surface area (Å²) in [5, 5.41) is 4.92. The van der Waals surface area contributed by atoms with E-state index in [2.05, 4.69) is 10.5 Å². The maximum absolute atomic E-state index is 13.8. The maximum atomic E-state index is 13.8.